The van der Waals surface area contributed by atoms with Crippen molar-refractivity contribution < 1.29 is 13.6 Å². The molecule has 1 rings (SSSR count). The Kier molecular flexibility index (Phi) is 5.03. The Morgan fingerprint density at radius 1 is 1.41 bits per heavy atom. The van der Waals surface area contributed by atoms with Crippen LogP contribution in [0.2, 0.25) is 0 Å². The van der Waals surface area contributed by atoms with Gasteiger partial charge in [0.1, 0.15) is 11.6 Å². The monoisotopic (exact) mass is 242 g/mol. The number of amides is 1. The largest absolute Gasteiger partial charge is 0.348 e. The normalized spacial score (nSPS) is 12.2. The fraction of sp³-hybridized carbons (Fsp3) is 0.417. The maximum absolute atomic E-state index is 13.5. The zero-order valence-electron chi connectivity index (χ0n) is 9.89. The third kappa shape index (κ3) is 3.78. The first kappa shape index (κ1) is 13.6. The highest BCUT2D eigenvalue weighted by Crippen LogP contribution is 2.20. The topological polar surface area (TPSA) is 41.1 Å². The number of halogens is 2. The summed E-state index contributed by atoms with van der Waals surface area (Å²) in [7, 11) is 1.65. The van der Waals surface area contributed by atoms with Gasteiger partial charge >= 0.3 is 0 Å². The van der Waals surface area contributed by atoms with E-state index < -0.39 is 17.7 Å². The van der Waals surface area contributed by atoms with Crippen molar-refractivity contribution in [3.8, 4) is 0 Å². The van der Waals surface area contributed by atoms with Gasteiger partial charge in [-0.3, -0.25) is 4.79 Å². The SMILES string of the molecule is CCC(NC(=O)CNC)c1ccc(F)cc1F. The predicted octanol–water partition coefficient (Wildman–Crippen LogP) is 1.75. The van der Waals surface area contributed by atoms with Gasteiger partial charge in [0.25, 0.3) is 0 Å². The first-order chi connectivity index (χ1) is 8.08. The van der Waals surface area contributed by atoms with E-state index >= 15 is 0 Å². The van der Waals surface area contributed by atoms with Crippen LogP contribution in [0.15, 0.2) is 18.2 Å². The average Bonchev–Trinajstić information content (AvgIpc) is 2.27. The second-order valence-electron chi connectivity index (χ2n) is 3.72. The minimum Gasteiger partial charge on any atom is -0.348 e. The maximum Gasteiger partial charge on any atom is 0.234 e. The van der Waals surface area contributed by atoms with Crippen molar-refractivity contribution in [2.75, 3.05) is 13.6 Å². The number of benzene rings is 1. The highest BCUT2D eigenvalue weighted by molar-refractivity contribution is 5.78. The lowest BCUT2D eigenvalue weighted by Gasteiger charge is -2.18. The van der Waals surface area contributed by atoms with Crippen molar-refractivity contribution in [1.82, 2.24) is 10.6 Å². The van der Waals surface area contributed by atoms with Crippen molar-refractivity contribution >= 4 is 5.91 Å². The lowest BCUT2D eigenvalue weighted by Crippen LogP contribution is -2.35. The second-order valence-corrected chi connectivity index (χ2v) is 3.72. The van der Waals surface area contributed by atoms with Gasteiger partial charge < -0.3 is 10.6 Å². The Labute approximate surface area is 99.2 Å². The minimum absolute atomic E-state index is 0.166. The van der Waals surface area contributed by atoms with Crippen molar-refractivity contribution in [1.29, 1.82) is 0 Å². The Morgan fingerprint density at radius 2 is 2.12 bits per heavy atom. The van der Waals surface area contributed by atoms with E-state index in [1.54, 1.807) is 7.05 Å². The van der Waals surface area contributed by atoms with Crippen LogP contribution in [0.3, 0.4) is 0 Å². The molecule has 3 nitrogen and oxygen atoms in total. The lowest BCUT2D eigenvalue weighted by molar-refractivity contribution is -0.120. The molecule has 0 aliphatic rings. The van der Waals surface area contributed by atoms with Gasteiger partial charge in [-0.15, -0.1) is 0 Å². The molecule has 1 unspecified atom stereocenters. The van der Waals surface area contributed by atoms with Crippen LogP contribution in [0.4, 0.5) is 8.78 Å². The highest BCUT2D eigenvalue weighted by Gasteiger charge is 2.16. The van der Waals surface area contributed by atoms with Crippen molar-refractivity contribution in [3.63, 3.8) is 0 Å². The summed E-state index contributed by atoms with van der Waals surface area (Å²) >= 11 is 0. The molecule has 0 heterocycles. The Bertz CT molecular complexity index is 396. The van der Waals surface area contributed by atoms with E-state index in [-0.39, 0.29) is 12.5 Å². The van der Waals surface area contributed by atoms with Gasteiger partial charge in [-0.25, -0.2) is 8.78 Å². The van der Waals surface area contributed by atoms with Crippen molar-refractivity contribution in [3.05, 3.63) is 35.4 Å². The first-order valence-corrected chi connectivity index (χ1v) is 5.47. The molecule has 1 aromatic rings. The summed E-state index contributed by atoms with van der Waals surface area (Å²) < 4.78 is 26.3. The summed E-state index contributed by atoms with van der Waals surface area (Å²) in [6.07, 6.45) is 0.540. The van der Waals surface area contributed by atoms with E-state index in [1.165, 1.54) is 12.1 Å². The van der Waals surface area contributed by atoms with Crippen LogP contribution in [0.5, 0.6) is 0 Å². The minimum atomic E-state index is -0.637. The average molecular weight is 242 g/mol. The molecule has 94 valence electrons. The summed E-state index contributed by atoms with van der Waals surface area (Å²) in [6, 6.07) is 2.93. The summed E-state index contributed by atoms with van der Waals surface area (Å²) in [5.41, 5.74) is 0.304. The van der Waals surface area contributed by atoms with Crippen LogP contribution in [-0.2, 0) is 4.79 Å². The molecule has 17 heavy (non-hydrogen) atoms. The molecule has 0 saturated heterocycles. The molecule has 0 radical (unpaired) electrons. The number of hydrogen-bond donors (Lipinski definition) is 2. The Balaban J connectivity index is 2.82. The fourth-order valence-corrected chi connectivity index (χ4v) is 1.59. The van der Waals surface area contributed by atoms with Crippen LogP contribution < -0.4 is 10.6 Å². The van der Waals surface area contributed by atoms with Gasteiger partial charge in [-0.1, -0.05) is 13.0 Å². The molecule has 0 bridgehead atoms. The zero-order chi connectivity index (χ0) is 12.8. The third-order valence-electron chi connectivity index (χ3n) is 2.42. The van der Waals surface area contributed by atoms with Crippen molar-refractivity contribution in [2.24, 2.45) is 0 Å². The fourth-order valence-electron chi connectivity index (χ4n) is 1.59. The van der Waals surface area contributed by atoms with Crippen LogP contribution in [0, 0.1) is 11.6 Å². The molecule has 0 aromatic heterocycles. The third-order valence-corrected chi connectivity index (χ3v) is 2.42. The molecule has 2 N–H and O–H groups in total. The van der Waals surface area contributed by atoms with Gasteiger partial charge in [0.15, 0.2) is 0 Å². The molecule has 0 fully saturated rings. The van der Waals surface area contributed by atoms with E-state index in [0.29, 0.717) is 12.0 Å². The van der Waals surface area contributed by atoms with E-state index in [0.717, 1.165) is 6.07 Å². The molecule has 1 atom stereocenters. The lowest BCUT2D eigenvalue weighted by atomic mass is 10.0. The second kappa shape index (κ2) is 6.30. The maximum atomic E-state index is 13.5. The van der Waals surface area contributed by atoms with Crippen LogP contribution >= 0.6 is 0 Å². The van der Waals surface area contributed by atoms with E-state index in [9.17, 15) is 13.6 Å². The summed E-state index contributed by atoms with van der Waals surface area (Å²) in [4.78, 5) is 11.4. The molecule has 0 spiro atoms. The predicted molar refractivity (Wildman–Crippen MR) is 61.5 cm³/mol. The van der Waals surface area contributed by atoms with Gasteiger partial charge in [-0.05, 0) is 19.5 Å². The number of nitrogens with one attached hydrogen (secondary N) is 2. The van der Waals surface area contributed by atoms with Gasteiger partial charge in [0, 0.05) is 11.6 Å². The van der Waals surface area contributed by atoms with Crippen LogP contribution in [0.25, 0.3) is 0 Å². The van der Waals surface area contributed by atoms with Crippen LogP contribution in [0.1, 0.15) is 24.9 Å². The smallest absolute Gasteiger partial charge is 0.234 e. The molecule has 0 saturated carbocycles. The van der Waals surface area contributed by atoms with E-state index in [4.69, 9.17) is 0 Å². The van der Waals surface area contributed by atoms with Gasteiger partial charge in [0.05, 0.1) is 12.6 Å². The summed E-state index contributed by atoms with van der Waals surface area (Å²) in [6.45, 7) is 1.99. The van der Waals surface area contributed by atoms with Gasteiger partial charge in [0.2, 0.25) is 5.91 Å². The molecule has 5 heteroatoms. The summed E-state index contributed by atoms with van der Waals surface area (Å²) in [5, 5.41) is 5.39. The standard InChI is InChI=1S/C12H16F2N2O/c1-3-11(16-12(17)7-15-2)9-5-4-8(13)6-10(9)14/h4-6,11,15H,3,7H2,1-2H3,(H,16,17). The molecular weight excluding hydrogens is 226 g/mol. The molecule has 1 aromatic carbocycles. The molecule has 0 aliphatic carbocycles. The Morgan fingerprint density at radius 3 is 2.65 bits per heavy atom. The quantitative estimate of drug-likeness (QED) is 0.826. The van der Waals surface area contributed by atoms with Crippen LogP contribution in [-0.4, -0.2) is 19.5 Å². The number of carbonyl (C=O) groups is 1. The van der Waals surface area contributed by atoms with Crippen molar-refractivity contribution in [2.45, 2.75) is 19.4 Å². The van der Waals surface area contributed by atoms with E-state index in [2.05, 4.69) is 10.6 Å². The first-order valence-electron chi connectivity index (χ1n) is 5.47. The summed E-state index contributed by atoms with van der Waals surface area (Å²) in [5.74, 6) is -1.48. The highest BCUT2D eigenvalue weighted by atomic mass is 19.1. The number of hydrogen-bond acceptors (Lipinski definition) is 2. The zero-order valence-corrected chi connectivity index (χ0v) is 9.89. The Hall–Kier alpha value is -1.49. The number of likely N-dealkylation sites (N-methyl/N-ethyl adjacent to an activating group) is 1. The molecule has 0 aliphatic heterocycles. The number of rotatable bonds is 5. The molecular formula is C12H16F2N2O. The molecule has 1 amide bonds. The number of carbonyl (C=O) groups excluding carboxylic acids is 1. The van der Waals surface area contributed by atoms with Gasteiger partial charge in [-0.2, -0.15) is 0 Å². The van der Waals surface area contributed by atoms with E-state index in [1.807, 2.05) is 6.92 Å².